The summed E-state index contributed by atoms with van der Waals surface area (Å²) in [5, 5.41) is 0. The lowest BCUT2D eigenvalue weighted by Gasteiger charge is -2.27. The van der Waals surface area contributed by atoms with Gasteiger partial charge in [-0.1, -0.05) is 30.3 Å². The number of likely N-dealkylation sites (N-methyl/N-ethyl adjacent to an activating group) is 1. The third-order valence-electron chi connectivity index (χ3n) is 4.34. The Kier molecular flexibility index (Phi) is 5.02. The van der Waals surface area contributed by atoms with Gasteiger partial charge in [0.15, 0.2) is 6.10 Å². The fraction of sp³-hybridized carbons (Fsp3) is 0.250. The number of esters is 2. The van der Waals surface area contributed by atoms with Crippen molar-refractivity contribution in [1.29, 1.82) is 0 Å². The van der Waals surface area contributed by atoms with E-state index in [4.69, 9.17) is 4.74 Å². The molecule has 3 rings (SSSR count). The van der Waals surface area contributed by atoms with Crippen molar-refractivity contribution in [3.05, 3.63) is 70.8 Å². The Morgan fingerprint density at radius 1 is 1.15 bits per heavy atom. The van der Waals surface area contributed by atoms with E-state index in [1.807, 2.05) is 12.1 Å². The predicted molar refractivity (Wildman–Crippen MR) is 93.6 cm³/mol. The Morgan fingerprint density at radius 3 is 2.54 bits per heavy atom. The van der Waals surface area contributed by atoms with Crippen molar-refractivity contribution in [2.24, 2.45) is 0 Å². The highest BCUT2D eigenvalue weighted by atomic mass is 16.5. The smallest absolute Gasteiger partial charge is 0.339 e. The van der Waals surface area contributed by atoms with E-state index in [0.717, 1.165) is 11.1 Å². The second-order valence-electron chi connectivity index (χ2n) is 6.14. The van der Waals surface area contributed by atoms with Gasteiger partial charge in [0.1, 0.15) is 0 Å². The first-order valence-electron chi connectivity index (χ1n) is 8.20. The molecule has 1 heterocycles. The molecule has 1 unspecified atom stereocenters. The number of hydrogen-bond acceptors (Lipinski definition) is 5. The van der Waals surface area contributed by atoms with Crippen LogP contribution in [0.4, 0.5) is 0 Å². The van der Waals surface area contributed by atoms with Crippen molar-refractivity contribution >= 4 is 17.8 Å². The summed E-state index contributed by atoms with van der Waals surface area (Å²) >= 11 is 0. The quantitative estimate of drug-likeness (QED) is 0.788. The van der Waals surface area contributed by atoms with Gasteiger partial charge in [0.2, 0.25) is 0 Å². The molecule has 0 saturated carbocycles. The first kappa shape index (κ1) is 17.7. The normalized spacial score (nSPS) is 15.6. The lowest BCUT2D eigenvalue weighted by atomic mass is 9.98. The van der Waals surface area contributed by atoms with Gasteiger partial charge in [-0.3, -0.25) is 4.79 Å². The predicted octanol–water partition coefficient (Wildman–Crippen LogP) is 2.21. The molecule has 134 valence electrons. The summed E-state index contributed by atoms with van der Waals surface area (Å²) in [5.41, 5.74) is 2.63. The van der Waals surface area contributed by atoms with Gasteiger partial charge in [0, 0.05) is 20.0 Å². The van der Waals surface area contributed by atoms with E-state index in [0.29, 0.717) is 24.1 Å². The van der Waals surface area contributed by atoms with Crippen molar-refractivity contribution < 1.29 is 23.9 Å². The molecule has 0 fully saturated rings. The number of amides is 1. The van der Waals surface area contributed by atoms with Crippen LogP contribution in [0.15, 0.2) is 48.5 Å². The van der Waals surface area contributed by atoms with Gasteiger partial charge in [0.05, 0.1) is 18.2 Å². The first-order chi connectivity index (χ1) is 12.5. The van der Waals surface area contributed by atoms with Crippen LogP contribution in [0.2, 0.25) is 0 Å². The van der Waals surface area contributed by atoms with Gasteiger partial charge in [0.25, 0.3) is 5.91 Å². The van der Waals surface area contributed by atoms with E-state index in [9.17, 15) is 14.4 Å². The molecule has 6 nitrogen and oxygen atoms in total. The summed E-state index contributed by atoms with van der Waals surface area (Å²) < 4.78 is 9.97. The first-order valence-corrected chi connectivity index (χ1v) is 8.20. The third kappa shape index (κ3) is 3.59. The van der Waals surface area contributed by atoms with E-state index >= 15 is 0 Å². The number of rotatable bonds is 4. The molecule has 1 aliphatic rings. The van der Waals surface area contributed by atoms with E-state index in [-0.39, 0.29) is 5.91 Å². The minimum absolute atomic E-state index is 0.259. The summed E-state index contributed by atoms with van der Waals surface area (Å²) in [6.07, 6.45) is -0.455. The number of carbonyl (C=O) groups is 3. The zero-order valence-corrected chi connectivity index (χ0v) is 14.6. The second-order valence-corrected chi connectivity index (χ2v) is 6.14. The highest BCUT2D eigenvalue weighted by Gasteiger charge is 2.32. The molecule has 0 saturated heterocycles. The summed E-state index contributed by atoms with van der Waals surface area (Å²) in [4.78, 5) is 37.7. The van der Waals surface area contributed by atoms with Crippen LogP contribution < -0.4 is 0 Å². The lowest BCUT2D eigenvalue weighted by molar-refractivity contribution is -0.140. The summed E-state index contributed by atoms with van der Waals surface area (Å²) in [7, 11) is 2.98. The zero-order valence-electron chi connectivity index (χ0n) is 14.6. The zero-order chi connectivity index (χ0) is 18.7. The SMILES string of the molecule is COC(=O)c1ccc(CN(C)C(=O)C2Cc3ccccc3C(=O)O2)cc1. The van der Waals surface area contributed by atoms with Gasteiger partial charge in [-0.2, -0.15) is 0 Å². The van der Waals surface area contributed by atoms with Crippen LogP contribution >= 0.6 is 0 Å². The standard InChI is InChI=1S/C20H19NO5/c1-21(12-13-7-9-14(10-8-13)19(23)25-2)18(22)17-11-15-5-3-4-6-16(15)20(24)26-17/h3-10,17H,11-12H2,1-2H3. The molecule has 1 amide bonds. The number of ether oxygens (including phenoxy) is 2. The van der Waals surface area contributed by atoms with Crippen LogP contribution in [-0.2, 0) is 27.2 Å². The molecule has 26 heavy (non-hydrogen) atoms. The van der Waals surface area contributed by atoms with E-state index in [2.05, 4.69) is 4.74 Å². The molecule has 2 aromatic carbocycles. The van der Waals surface area contributed by atoms with E-state index < -0.39 is 18.0 Å². The molecule has 0 bridgehead atoms. The molecule has 0 aliphatic carbocycles. The maximum Gasteiger partial charge on any atom is 0.339 e. The molecular weight excluding hydrogens is 334 g/mol. The molecule has 0 spiro atoms. The number of benzene rings is 2. The molecule has 2 aromatic rings. The maximum atomic E-state index is 12.7. The fourth-order valence-corrected chi connectivity index (χ4v) is 2.93. The summed E-state index contributed by atoms with van der Waals surface area (Å²) in [5.74, 6) is -1.14. The Morgan fingerprint density at radius 2 is 1.85 bits per heavy atom. The lowest BCUT2D eigenvalue weighted by Crippen LogP contribution is -2.42. The fourth-order valence-electron chi connectivity index (χ4n) is 2.93. The molecule has 6 heteroatoms. The van der Waals surface area contributed by atoms with Crippen LogP contribution in [-0.4, -0.2) is 43.0 Å². The third-order valence-corrected chi connectivity index (χ3v) is 4.34. The van der Waals surface area contributed by atoms with E-state index in [1.165, 1.54) is 12.0 Å². The molecule has 1 atom stereocenters. The van der Waals surface area contributed by atoms with Gasteiger partial charge in [-0.05, 0) is 29.3 Å². The van der Waals surface area contributed by atoms with E-state index in [1.54, 1.807) is 43.4 Å². The van der Waals surface area contributed by atoms with Crippen molar-refractivity contribution in [2.45, 2.75) is 19.1 Å². The topological polar surface area (TPSA) is 72.9 Å². The number of carbonyl (C=O) groups excluding carboxylic acids is 3. The molecule has 0 radical (unpaired) electrons. The number of cyclic esters (lactones) is 1. The Bertz CT molecular complexity index is 844. The summed E-state index contributed by atoms with van der Waals surface area (Å²) in [6.45, 7) is 0.343. The van der Waals surface area contributed by atoms with Gasteiger partial charge in [-0.15, -0.1) is 0 Å². The van der Waals surface area contributed by atoms with Gasteiger partial charge < -0.3 is 14.4 Å². The average molecular weight is 353 g/mol. The number of nitrogens with zero attached hydrogens (tertiary/aromatic N) is 1. The minimum atomic E-state index is -0.822. The summed E-state index contributed by atoms with van der Waals surface area (Å²) in [6, 6.07) is 14.0. The van der Waals surface area contributed by atoms with Crippen LogP contribution in [0.5, 0.6) is 0 Å². The monoisotopic (exact) mass is 353 g/mol. The van der Waals surface area contributed by atoms with Crippen LogP contribution in [0, 0.1) is 0 Å². The van der Waals surface area contributed by atoms with Crippen molar-refractivity contribution in [1.82, 2.24) is 4.90 Å². The minimum Gasteiger partial charge on any atom is -0.465 e. The second kappa shape index (κ2) is 7.39. The molecule has 1 aliphatic heterocycles. The molecular formula is C20H19NO5. The highest BCUT2D eigenvalue weighted by Crippen LogP contribution is 2.22. The number of fused-ring (bicyclic) bond motifs is 1. The Labute approximate surface area is 151 Å². The van der Waals surface area contributed by atoms with Crippen molar-refractivity contribution in [3.63, 3.8) is 0 Å². The van der Waals surface area contributed by atoms with Crippen molar-refractivity contribution in [2.75, 3.05) is 14.2 Å². The highest BCUT2D eigenvalue weighted by molar-refractivity contribution is 5.95. The average Bonchev–Trinajstić information content (AvgIpc) is 2.67. The maximum absolute atomic E-state index is 12.7. The largest absolute Gasteiger partial charge is 0.465 e. The number of methoxy groups -OCH3 is 1. The number of hydrogen-bond donors (Lipinski definition) is 0. The molecule has 0 N–H and O–H groups in total. The van der Waals surface area contributed by atoms with Crippen LogP contribution in [0.25, 0.3) is 0 Å². The Balaban J connectivity index is 1.67. The van der Waals surface area contributed by atoms with Crippen LogP contribution in [0.3, 0.4) is 0 Å². The van der Waals surface area contributed by atoms with Gasteiger partial charge in [-0.25, -0.2) is 9.59 Å². The Hall–Kier alpha value is -3.15. The van der Waals surface area contributed by atoms with Crippen LogP contribution in [0.1, 0.15) is 31.8 Å². The van der Waals surface area contributed by atoms with Gasteiger partial charge >= 0.3 is 11.9 Å². The molecule has 0 aromatic heterocycles. The van der Waals surface area contributed by atoms with Crippen molar-refractivity contribution in [3.8, 4) is 0 Å².